The number of nitrogens with zero attached hydrogens (tertiary/aromatic N) is 3. The highest BCUT2D eigenvalue weighted by molar-refractivity contribution is 6.18. The van der Waals surface area contributed by atoms with Gasteiger partial charge in [0.15, 0.2) is 17.5 Å². The molecule has 0 bridgehead atoms. The van der Waals surface area contributed by atoms with E-state index in [4.69, 9.17) is 23.8 Å². The molecule has 7 aromatic carbocycles. The molecule has 0 saturated heterocycles. The number of hydrogen-bond donors (Lipinski definition) is 0. The number of furan rings is 2. The standard InChI is InChI=1S/C45H27N3O2/c1-3-13-28(14-4-1)30-17-9-18-31(27-30)44-46-43(29-15-5-2-6-16-29)47-45(48-44)37-24-11-23-36-40-33(20-12-26-39(40)50-42(36)37)35-22-10-21-34-32-19-7-8-25-38(32)49-41(34)35/h1-27H. The highest BCUT2D eigenvalue weighted by Gasteiger charge is 2.21. The number of fused-ring (bicyclic) bond motifs is 6. The summed E-state index contributed by atoms with van der Waals surface area (Å²) < 4.78 is 13.2. The summed E-state index contributed by atoms with van der Waals surface area (Å²) in [6.07, 6.45) is 0. The van der Waals surface area contributed by atoms with Crippen LogP contribution >= 0.6 is 0 Å². The molecule has 0 fully saturated rings. The maximum Gasteiger partial charge on any atom is 0.167 e. The van der Waals surface area contributed by atoms with Gasteiger partial charge in [0.1, 0.15) is 22.3 Å². The van der Waals surface area contributed by atoms with E-state index in [1.165, 1.54) is 0 Å². The zero-order valence-electron chi connectivity index (χ0n) is 26.7. The molecule has 0 N–H and O–H groups in total. The zero-order valence-corrected chi connectivity index (χ0v) is 26.7. The molecule has 3 heterocycles. The van der Waals surface area contributed by atoms with Crippen molar-refractivity contribution in [1.29, 1.82) is 0 Å². The molecule has 10 rings (SSSR count). The summed E-state index contributed by atoms with van der Waals surface area (Å²) in [5, 5.41) is 4.19. The van der Waals surface area contributed by atoms with Gasteiger partial charge in [0, 0.05) is 38.2 Å². The minimum atomic E-state index is 0.546. The molecule has 0 saturated carbocycles. The summed E-state index contributed by atoms with van der Waals surface area (Å²) in [7, 11) is 0. The van der Waals surface area contributed by atoms with Crippen molar-refractivity contribution in [1.82, 2.24) is 15.0 Å². The van der Waals surface area contributed by atoms with E-state index in [0.717, 1.165) is 82.8 Å². The fourth-order valence-electron chi connectivity index (χ4n) is 7.02. The van der Waals surface area contributed by atoms with Crippen LogP contribution in [0.25, 0.3) is 100 Å². The topological polar surface area (TPSA) is 65.0 Å². The van der Waals surface area contributed by atoms with Crippen LogP contribution in [0.15, 0.2) is 173 Å². The van der Waals surface area contributed by atoms with Crippen LogP contribution in [0.4, 0.5) is 0 Å². The fraction of sp³-hybridized carbons (Fsp3) is 0. The second-order valence-electron chi connectivity index (χ2n) is 12.4. The lowest BCUT2D eigenvalue weighted by molar-refractivity contribution is 0.669. The van der Waals surface area contributed by atoms with Crippen molar-refractivity contribution in [2.75, 3.05) is 0 Å². The molecular formula is C45H27N3O2. The minimum absolute atomic E-state index is 0.546. The number of rotatable bonds is 5. The van der Waals surface area contributed by atoms with Gasteiger partial charge in [-0.25, -0.2) is 15.0 Å². The SMILES string of the molecule is c1ccc(-c2cccc(-c3nc(-c4ccccc4)nc(-c4cccc5c4oc4cccc(-c6cccc7c6oc6ccccc67)c45)n3)c2)cc1. The maximum atomic E-state index is 6.71. The number of para-hydroxylation sites is 3. The second-order valence-corrected chi connectivity index (χ2v) is 12.4. The van der Waals surface area contributed by atoms with Crippen molar-refractivity contribution >= 4 is 43.9 Å². The van der Waals surface area contributed by atoms with Gasteiger partial charge >= 0.3 is 0 Å². The predicted octanol–water partition coefficient (Wildman–Crippen LogP) is 12.0. The van der Waals surface area contributed by atoms with Gasteiger partial charge < -0.3 is 8.83 Å². The van der Waals surface area contributed by atoms with Crippen LogP contribution in [-0.4, -0.2) is 15.0 Å². The Morgan fingerprint density at radius 1 is 0.320 bits per heavy atom. The van der Waals surface area contributed by atoms with Crippen LogP contribution in [0.3, 0.4) is 0 Å². The van der Waals surface area contributed by atoms with Gasteiger partial charge in [-0.1, -0.05) is 140 Å². The van der Waals surface area contributed by atoms with Gasteiger partial charge in [0.05, 0.1) is 5.56 Å². The Morgan fingerprint density at radius 3 is 1.68 bits per heavy atom. The molecule has 3 aromatic heterocycles. The van der Waals surface area contributed by atoms with Crippen molar-refractivity contribution in [3.8, 4) is 56.4 Å². The fourth-order valence-corrected chi connectivity index (χ4v) is 7.02. The lowest BCUT2D eigenvalue weighted by Crippen LogP contribution is -2.00. The first-order valence-corrected chi connectivity index (χ1v) is 16.6. The van der Waals surface area contributed by atoms with E-state index in [1.807, 2.05) is 103 Å². The Morgan fingerprint density at radius 2 is 0.840 bits per heavy atom. The molecule has 0 amide bonds. The molecule has 0 atom stereocenters. The third-order valence-corrected chi connectivity index (χ3v) is 9.35. The first kappa shape index (κ1) is 28.2. The summed E-state index contributed by atoms with van der Waals surface area (Å²) in [5.74, 6) is 1.74. The summed E-state index contributed by atoms with van der Waals surface area (Å²) in [6, 6.07) is 55.6. The highest BCUT2D eigenvalue weighted by Crippen LogP contribution is 2.43. The highest BCUT2D eigenvalue weighted by atomic mass is 16.3. The van der Waals surface area contributed by atoms with E-state index in [1.54, 1.807) is 0 Å². The molecule has 234 valence electrons. The third kappa shape index (κ3) is 4.60. The van der Waals surface area contributed by atoms with Crippen LogP contribution in [-0.2, 0) is 0 Å². The Kier molecular flexibility index (Phi) is 6.42. The quantitative estimate of drug-likeness (QED) is 0.187. The maximum absolute atomic E-state index is 6.71. The van der Waals surface area contributed by atoms with Crippen molar-refractivity contribution in [3.05, 3.63) is 164 Å². The molecule has 0 spiro atoms. The molecule has 10 aromatic rings. The van der Waals surface area contributed by atoms with Gasteiger partial charge in [-0.05, 0) is 41.0 Å². The molecule has 0 aliphatic carbocycles. The monoisotopic (exact) mass is 641 g/mol. The minimum Gasteiger partial charge on any atom is -0.455 e. The van der Waals surface area contributed by atoms with Crippen molar-refractivity contribution in [2.45, 2.75) is 0 Å². The van der Waals surface area contributed by atoms with Crippen LogP contribution in [0.2, 0.25) is 0 Å². The summed E-state index contributed by atoms with van der Waals surface area (Å²) >= 11 is 0. The van der Waals surface area contributed by atoms with Crippen LogP contribution in [0.5, 0.6) is 0 Å². The zero-order chi connectivity index (χ0) is 33.0. The second kappa shape index (κ2) is 11.4. The summed E-state index contributed by atoms with van der Waals surface area (Å²) in [4.78, 5) is 15.1. The van der Waals surface area contributed by atoms with Gasteiger partial charge in [-0.15, -0.1) is 0 Å². The van der Waals surface area contributed by atoms with Crippen molar-refractivity contribution < 1.29 is 8.83 Å². The largest absolute Gasteiger partial charge is 0.455 e. The van der Waals surface area contributed by atoms with Crippen LogP contribution < -0.4 is 0 Å². The molecule has 0 radical (unpaired) electrons. The van der Waals surface area contributed by atoms with Gasteiger partial charge in [-0.2, -0.15) is 0 Å². The Balaban J connectivity index is 1.18. The lowest BCUT2D eigenvalue weighted by atomic mass is 9.97. The average Bonchev–Trinajstić information content (AvgIpc) is 3.77. The Labute approximate surface area is 287 Å². The average molecular weight is 642 g/mol. The van der Waals surface area contributed by atoms with Crippen LogP contribution in [0.1, 0.15) is 0 Å². The van der Waals surface area contributed by atoms with E-state index in [9.17, 15) is 0 Å². The molecule has 0 unspecified atom stereocenters. The number of benzene rings is 7. The van der Waals surface area contributed by atoms with E-state index in [2.05, 4.69) is 60.7 Å². The number of hydrogen-bond acceptors (Lipinski definition) is 5. The first-order valence-electron chi connectivity index (χ1n) is 16.6. The van der Waals surface area contributed by atoms with Gasteiger partial charge in [0.25, 0.3) is 0 Å². The molecule has 5 nitrogen and oxygen atoms in total. The van der Waals surface area contributed by atoms with Crippen molar-refractivity contribution in [3.63, 3.8) is 0 Å². The van der Waals surface area contributed by atoms with E-state index >= 15 is 0 Å². The molecule has 0 aliphatic heterocycles. The first-order chi connectivity index (χ1) is 24.8. The summed E-state index contributed by atoms with van der Waals surface area (Å²) in [6.45, 7) is 0. The molecule has 50 heavy (non-hydrogen) atoms. The predicted molar refractivity (Wildman–Crippen MR) is 202 cm³/mol. The third-order valence-electron chi connectivity index (χ3n) is 9.35. The number of aromatic nitrogens is 3. The van der Waals surface area contributed by atoms with Gasteiger partial charge in [-0.3, -0.25) is 0 Å². The van der Waals surface area contributed by atoms with E-state index in [-0.39, 0.29) is 0 Å². The smallest absolute Gasteiger partial charge is 0.167 e. The van der Waals surface area contributed by atoms with E-state index in [0.29, 0.717) is 17.5 Å². The Hall–Kier alpha value is -6.85. The molecular weight excluding hydrogens is 615 g/mol. The van der Waals surface area contributed by atoms with Gasteiger partial charge in [0.2, 0.25) is 0 Å². The Bertz CT molecular complexity index is 2870. The lowest BCUT2D eigenvalue weighted by Gasteiger charge is -2.10. The molecule has 5 heteroatoms. The summed E-state index contributed by atoms with van der Waals surface area (Å²) in [5.41, 5.74) is 10.1. The molecule has 0 aliphatic rings. The van der Waals surface area contributed by atoms with Crippen LogP contribution in [0, 0.1) is 0 Å². The normalized spacial score (nSPS) is 11.6. The van der Waals surface area contributed by atoms with E-state index < -0.39 is 0 Å². The van der Waals surface area contributed by atoms with Crippen molar-refractivity contribution in [2.24, 2.45) is 0 Å².